The molecule has 0 bridgehead atoms. The van der Waals surface area contributed by atoms with E-state index >= 15 is 0 Å². The summed E-state index contributed by atoms with van der Waals surface area (Å²) in [6.45, 7) is 6.76. The molecule has 1 saturated carbocycles. The van der Waals surface area contributed by atoms with Crippen LogP contribution in [0, 0.1) is 6.92 Å². The monoisotopic (exact) mass is 327 g/mol. The zero-order valence-corrected chi connectivity index (χ0v) is 14.5. The van der Waals surface area contributed by atoms with Crippen LogP contribution in [0.3, 0.4) is 0 Å². The van der Waals surface area contributed by atoms with Gasteiger partial charge in [-0.1, -0.05) is 6.42 Å². The molecule has 1 atom stereocenters. The summed E-state index contributed by atoms with van der Waals surface area (Å²) in [4.78, 5) is 6.92. The van der Waals surface area contributed by atoms with E-state index in [4.69, 9.17) is 4.74 Å². The molecule has 4 rings (SSSR count). The first-order valence-corrected chi connectivity index (χ1v) is 8.93. The lowest BCUT2D eigenvalue weighted by molar-refractivity contribution is 0.0886. The van der Waals surface area contributed by atoms with Crippen molar-refractivity contribution in [3.05, 3.63) is 35.7 Å². The van der Waals surface area contributed by atoms with E-state index in [1.165, 1.54) is 19.3 Å². The number of ether oxygens (including phenoxy) is 1. The molecule has 1 aliphatic carbocycles. The van der Waals surface area contributed by atoms with Gasteiger partial charge in [-0.15, -0.1) is 10.2 Å². The first kappa shape index (κ1) is 15.6. The molecule has 0 aromatic carbocycles. The molecular weight excluding hydrogens is 302 g/mol. The van der Waals surface area contributed by atoms with Gasteiger partial charge in [0, 0.05) is 37.3 Å². The van der Waals surface area contributed by atoms with Crippen LogP contribution in [0.5, 0.6) is 5.75 Å². The Bertz CT molecular complexity index is 692. The van der Waals surface area contributed by atoms with E-state index in [0.29, 0.717) is 12.6 Å². The maximum atomic E-state index is 5.85. The van der Waals surface area contributed by atoms with Crippen molar-refractivity contribution in [2.24, 2.45) is 0 Å². The Morgan fingerprint density at radius 1 is 1.21 bits per heavy atom. The Labute approximate surface area is 142 Å². The van der Waals surface area contributed by atoms with Crippen LogP contribution >= 0.6 is 0 Å². The van der Waals surface area contributed by atoms with E-state index in [9.17, 15) is 0 Å². The molecule has 2 aliphatic rings. The van der Waals surface area contributed by atoms with Crippen molar-refractivity contribution in [1.29, 1.82) is 0 Å². The molecule has 2 aromatic heterocycles. The zero-order chi connectivity index (χ0) is 16.5. The van der Waals surface area contributed by atoms with Crippen LogP contribution in [0.25, 0.3) is 0 Å². The van der Waals surface area contributed by atoms with Crippen molar-refractivity contribution < 1.29 is 4.74 Å². The summed E-state index contributed by atoms with van der Waals surface area (Å²) >= 11 is 0. The van der Waals surface area contributed by atoms with Crippen molar-refractivity contribution in [2.75, 3.05) is 6.54 Å². The number of hydrogen-bond acceptors (Lipinski definition) is 5. The summed E-state index contributed by atoms with van der Waals surface area (Å²) in [5.41, 5.74) is 0.990. The number of fused-ring (bicyclic) bond motifs is 1. The second-order valence-electron chi connectivity index (χ2n) is 6.98. The topological polar surface area (TPSA) is 56.1 Å². The number of hydrogen-bond donors (Lipinski definition) is 0. The average Bonchev–Trinajstić information content (AvgIpc) is 2.83. The van der Waals surface area contributed by atoms with Crippen LogP contribution in [0.1, 0.15) is 43.5 Å². The minimum atomic E-state index is 0.440. The fourth-order valence-corrected chi connectivity index (χ4v) is 3.65. The molecule has 128 valence electrons. The lowest BCUT2D eigenvalue weighted by atomic mass is 9.90. The normalized spacial score (nSPS) is 21.8. The largest absolute Gasteiger partial charge is 0.484 e. The Morgan fingerprint density at radius 2 is 2.08 bits per heavy atom. The third kappa shape index (κ3) is 3.02. The molecule has 6 heteroatoms. The second-order valence-corrected chi connectivity index (χ2v) is 6.98. The SMILES string of the molecule is Cc1ccc(OCc2nnc3n2CCN(C2CCC2)[C@@H](C)C3)cn1. The van der Waals surface area contributed by atoms with Crippen molar-refractivity contribution in [3.63, 3.8) is 0 Å². The highest BCUT2D eigenvalue weighted by Gasteiger charge is 2.31. The highest BCUT2D eigenvalue weighted by molar-refractivity contribution is 5.19. The predicted octanol–water partition coefficient (Wildman–Crippen LogP) is 2.36. The van der Waals surface area contributed by atoms with Crippen molar-refractivity contribution in [3.8, 4) is 5.75 Å². The van der Waals surface area contributed by atoms with Gasteiger partial charge in [-0.05, 0) is 38.8 Å². The number of nitrogens with zero attached hydrogens (tertiary/aromatic N) is 5. The molecule has 2 aromatic rings. The molecule has 1 aliphatic heterocycles. The fourth-order valence-electron chi connectivity index (χ4n) is 3.65. The molecule has 0 N–H and O–H groups in total. The summed E-state index contributed by atoms with van der Waals surface area (Å²) in [5.74, 6) is 2.77. The smallest absolute Gasteiger partial charge is 0.171 e. The van der Waals surface area contributed by atoms with Crippen LogP contribution in [-0.2, 0) is 19.6 Å². The lowest BCUT2D eigenvalue weighted by Gasteiger charge is -2.40. The molecule has 1 fully saturated rings. The third-order valence-electron chi connectivity index (χ3n) is 5.33. The van der Waals surface area contributed by atoms with Crippen LogP contribution in [0.4, 0.5) is 0 Å². The molecule has 6 nitrogen and oxygen atoms in total. The van der Waals surface area contributed by atoms with Gasteiger partial charge in [-0.2, -0.15) is 0 Å². The quantitative estimate of drug-likeness (QED) is 0.863. The Hall–Kier alpha value is -1.95. The summed E-state index contributed by atoms with van der Waals surface area (Å²) in [5, 5.41) is 8.78. The van der Waals surface area contributed by atoms with Gasteiger partial charge in [0.05, 0.1) is 6.20 Å². The summed E-state index contributed by atoms with van der Waals surface area (Å²) < 4.78 is 8.09. The molecule has 0 spiro atoms. The molecule has 0 radical (unpaired) electrons. The molecule has 24 heavy (non-hydrogen) atoms. The number of rotatable bonds is 4. The average molecular weight is 327 g/mol. The Kier molecular flexibility index (Phi) is 4.22. The molecule has 0 saturated heterocycles. The number of aryl methyl sites for hydroxylation is 1. The van der Waals surface area contributed by atoms with E-state index in [-0.39, 0.29) is 0 Å². The van der Waals surface area contributed by atoms with Gasteiger partial charge in [0.15, 0.2) is 5.82 Å². The minimum Gasteiger partial charge on any atom is -0.484 e. The summed E-state index contributed by atoms with van der Waals surface area (Å²) in [6, 6.07) is 5.21. The highest BCUT2D eigenvalue weighted by atomic mass is 16.5. The predicted molar refractivity (Wildman–Crippen MR) is 90.8 cm³/mol. The molecular formula is C18H25N5O. The van der Waals surface area contributed by atoms with Crippen molar-refractivity contribution in [2.45, 2.75) is 64.8 Å². The van der Waals surface area contributed by atoms with Gasteiger partial charge in [-0.3, -0.25) is 9.88 Å². The van der Waals surface area contributed by atoms with Crippen LogP contribution in [0.15, 0.2) is 18.3 Å². The van der Waals surface area contributed by atoms with Crippen LogP contribution in [-0.4, -0.2) is 43.3 Å². The van der Waals surface area contributed by atoms with Crippen molar-refractivity contribution >= 4 is 0 Å². The number of pyridine rings is 1. The first-order valence-electron chi connectivity index (χ1n) is 8.93. The van der Waals surface area contributed by atoms with Gasteiger partial charge >= 0.3 is 0 Å². The van der Waals surface area contributed by atoms with E-state index in [1.807, 2.05) is 19.1 Å². The molecule has 0 unspecified atom stereocenters. The van der Waals surface area contributed by atoms with E-state index in [0.717, 1.165) is 48.6 Å². The summed E-state index contributed by atoms with van der Waals surface area (Å²) in [6.07, 6.45) is 6.80. The van der Waals surface area contributed by atoms with Gasteiger partial charge in [0.1, 0.15) is 18.2 Å². The molecule has 3 heterocycles. The van der Waals surface area contributed by atoms with Crippen molar-refractivity contribution in [1.82, 2.24) is 24.6 Å². The standard InChI is InChI=1S/C18H25N5O/c1-13-6-7-16(11-19-13)24-12-18-21-20-17-10-14(2)22(8-9-23(17)18)15-4-3-5-15/h6-7,11,14-15H,3-5,8-10,12H2,1-2H3/t14-/m0/s1. The number of aromatic nitrogens is 4. The maximum Gasteiger partial charge on any atom is 0.171 e. The first-order chi connectivity index (χ1) is 11.7. The third-order valence-corrected chi connectivity index (χ3v) is 5.33. The Balaban J connectivity index is 1.45. The second kappa shape index (κ2) is 6.51. The highest BCUT2D eigenvalue weighted by Crippen LogP contribution is 2.28. The van der Waals surface area contributed by atoms with Gasteiger partial charge in [0.25, 0.3) is 0 Å². The van der Waals surface area contributed by atoms with Gasteiger partial charge < -0.3 is 9.30 Å². The Morgan fingerprint density at radius 3 is 2.79 bits per heavy atom. The van der Waals surface area contributed by atoms with E-state index in [1.54, 1.807) is 6.20 Å². The maximum absolute atomic E-state index is 5.85. The van der Waals surface area contributed by atoms with E-state index in [2.05, 4.69) is 31.6 Å². The van der Waals surface area contributed by atoms with Crippen LogP contribution in [0.2, 0.25) is 0 Å². The van der Waals surface area contributed by atoms with Gasteiger partial charge in [0.2, 0.25) is 0 Å². The minimum absolute atomic E-state index is 0.440. The summed E-state index contributed by atoms with van der Waals surface area (Å²) in [7, 11) is 0. The van der Waals surface area contributed by atoms with Gasteiger partial charge in [-0.25, -0.2) is 0 Å². The molecule has 0 amide bonds. The fraction of sp³-hybridized carbons (Fsp3) is 0.611. The lowest BCUT2D eigenvalue weighted by Crippen LogP contribution is -2.46. The van der Waals surface area contributed by atoms with Crippen LogP contribution < -0.4 is 4.74 Å². The zero-order valence-electron chi connectivity index (χ0n) is 14.5. The van der Waals surface area contributed by atoms with E-state index < -0.39 is 0 Å².